The molecule has 0 aliphatic heterocycles. The third-order valence-electron chi connectivity index (χ3n) is 1.49. The van der Waals surface area contributed by atoms with Crippen molar-refractivity contribution in [2.75, 3.05) is 6.61 Å². The molecule has 6 heteroatoms. The predicted octanol–water partition coefficient (Wildman–Crippen LogP) is 0.518. The molecular formula is C8H12N2O3S. The molecule has 0 amide bonds. The van der Waals surface area contributed by atoms with Crippen LogP contribution in [0.5, 0.6) is 5.88 Å². The lowest BCUT2D eigenvalue weighted by Crippen LogP contribution is -2.14. The summed E-state index contributed by atoms with van der Waals surface area (Å²) in [6.07, 6.45) is 2.24. The van der Waals surface area contributed by atoms with E-state index < -0.39 is 10.0 Å². The number of nitrogens with two attached hydrogens (primary N) is 1. The minimum absolute atomic E-state index is 0.0665. The van der Waals surface area contributed by atoms with Gasteiger partial charge in [-0.15, -0.1) is 0 Å². The van der Waals surface area contributed by atoms with Crippen molar-refractivity contribution >= 4 is 10.0 Å². The molecule has 2 N–H and O–H groups in total. The number of sulfonamides is 1. The van der Waals surface area contributed by atoms with Crippen molar-refractivity contribution in [1.29, 1.82) is 0 Å². The van der Waals surface area contributed by atoms with Crippen molar-refractivity contribution in [3.63, 3.8) is 0 Å². The quantitative estimate of drug-likeness (QED) is 0.795. The van der Waals surface area contributed by atoms with Crippen LogP contribution in [0.15, 0.2) is 23.2 Å². The van der Waals surface area contributed by atoms with Crippen molar-refractivity contribution in [1.82, 2.24) is 4.98 Å². The van der Waals surface area contributed by atoms with E-state index in [0.717, 1.165) is 6.42 Å². The van der Waals surface area contributed by atoms with Gasteiger partial charge in [-0.1, -0.05) is 6.92 Å². The van der Waals surface area contributed by atoms with Gasteiger partial charge in [-0.25, -0.2) is 18.5 Å². The van der Waals surface area contributed by atoms with Crippen molar-refractivity contribution in [3.05, 3.63) is 18.3 Å². The lowest BCUT2D eigenvalue weighted by atomic mass is 10.5. The van der Waals surface area contributed by atoms with Crippen LogP contribution in [-0.4, -0.2) is 20.0 Å². The fourth-order valence-corrected chi connectivity index (χ4v) is 1.52. The summed E-state index contributed by atoms with van der Waals surface area (Å²) in [6.45, 7) is 2.33. The zero-order chi connectivity index (χ0) is 10.6. The molecule has 1 heterocycles. The summed E-state index contributed by atoms with van der Waals surface area (Å²) >= 11 is 0. The molecule has 1 aromatic heterocycles. The lowest BCUT2D eigenvalue weighted by molar-refractivity contribution is 0.296. The number of nitrogens with zero attached hydrogens (tertiary/aromatic N) is 1. The van der Waals surface area contributed by atoms with Crippen LogP contribution < -0.4 is 9.88 Å². The molecule has 5 nitrogen and oxygen atoms in total. The summed E-state index contributed by atoms with van der Waals surface area (Å²) in [5.74, 6) is 0.0665. The van der Waals surface area contributed by atoms with Crippen LogP contribution in [0, 0.1) is 0 Å². The predicted molar refractivity (Wildman–Crippen MR) is 51.4 cm³/mol. The Morgan fingerprint density at radius 2 is 2.29 bits per heavy atom. The van der Waals surface area contributed by atoms with Gasteiger partial charge in [0.25, 0.3) is 0 Å². The van der Waals surface area contributed by atoms with Crippen LogP contribution in [0.1, 0.15) is 13.3 Å². The highest BCUT2D eigenvalue weighted by Gasteiger charge is 2.15. The minimum Gasteiger partial charge on any atom is -0.477 e. The Hall–Kier alpha value is -1.14. The van der Waals surface area contributed by atoms with Gasteiger partial charge in [-0.2, -0.15) is 0 Å². The maximum absolute atomic E-state index is 11.1. The number of aromatic nitrogens is 1. The number of hydrogen-bond acceptors (Lipinski definition) is 4. The molecule has 0 aromatic carbocycles. The third-order valence-corrected chi connectivity index (χ3v) is 2.41. The molecule has 0 atom stereocenters. The molecule has 0 saturated carbocycles. The second-order valence-electron chi connectivity index (χ2n) is 2.70. The highest BCUT2D eigenvalue weighted by molar-refractivity contribution is 7.89. The molecule has 0 radical (unpaired) electrons. The largest absolute Gasteiger partial charge is 0.477 e. The van der Waals surface area contributed by atoms with Crippen LogP contribution in [0.4, 0.5) is 0 Å². The normalized spacial score (nSPS) is 11.3. The molecule has 0 aliphatic carbocycles. The fourth-order valence-electron chi connectivity index (χ4n) is 0.900. The maximum Gasteiger partial charge on any atom is 0.243 e. The van der Waals surface area contributed by atoms with E-state index in [1.54, 1.807) is 0 Å². The molecular weight excluding hydrogens is 204 g/mol. The number of pyridine rings is 1. The van der Waals surface area contributed by atoms with Gasteiger partial charge in [0.15, 0.2) is 0 Å². The monoisotopic (exact) mass is 216 g/mol. The standard InChI is InChI=1S/C8H12N2O3S/c1-2-6-13-8-7(14(9,11)12)4-3-5-10-8/h3-5H,2,6H2,1H3,(H2,9,11,12). The second kappa shape index (κ2) is 4.39. The van der Waals surface area contributed by atoms with E-state index >= 15 is 0 Å². The SMILES string of the molecule is CCCOc1ncccc1S(N)(=O)=O. The molecule has 0 saturated heterocycles. The summed E-state index contributed by atoms with van der Waals surface area (Å²) in [5, 5.41) is 4.98. The van der Waals surface area contributed by atoms with Gasteiger partial charge in [0.2, 0.25) is 15.9 Å². The van der Waals surface area contributed by atoms with E-state index in [-0.39, 0.29) is 10.8 Å². The van der Waals surface area contributed by atoms with Crippen LogP contribution in [0.3, 0.4) is 0 Å². The molecule has 78 valence electrons. The van der Waals surface area contributed by atoms with E-state index in [4.69, 9.17) is 9.88 Å². The van der Waals surface area contributed by atoms with Gasteiger partial charge in [0.05, 0.1) is 6.61 Å². The Kier molecular flexibility index (Phi) is 3.43. The summed E-state index contributed by atoms with van der Waals surface area (Å²) in [7, 11) is -3.75. The highest BCUT2D eigenvalue weighted by atomic mass is 32.2. The zero-order valence-electron chi connectivity index (χ0n) is 7.80. The molecule has 0 unspecified atom stereocenters. The Bertz CT molecular complexity index is 403. The molecule has 1 rings (SSSR count). The Morgan fingerprint density at radius 1 is 1.57 bits per heavy atom. The van der Waals surface area contributed by atoms with Gasteiger partial charge in [-0.05, 0) is 18.6 Å². The van der Waals surface area contributed by atoms with Crippen molar-refractivity contribution in [2.24, 2.45) is 5.14 Å². The summed E-state index contributed by atoms with van der Waals surface area (Å²) in [4.78, 5) is 3.73. The molecule has 0 aliphatic rings. The van der Waals surface area contributed by atoms with Gasteiger partial charge in [-0.3, -0.25) is 0 Å². The molecule has 1 aromatic rings. The number of hydrogen-bond donors (Lipinski definition) is 1. The first-order valence-electron chi connectivity index (χ1n) is 4.16. The Morgan fingerprint density at radius 3 is 2.86 bits per heavy atom. The average molecular weight is 216 g/mol. The van der Waals surface area contributed by atoms with Crippen LogP contribution >= 0.6 is 0 Å². The van der Waals surface area contributed by atoms with Gasteiger partial charge in [0, 0.05) is 6.20 Å². The van der Waals surface area contributed by atoms with Gasteiger partial charge in [0.1, 0.15) is 4.90 Å². The van der Waals surface area contributed by atoms with E-state index in [9.17, 15) is 8.42 Å². The summed E-state index contributed by atoms with van der Waals surface area (Å²) < 4.78 is 27.3. The van der Waals surface area contributed by atoms with Crippen LogP contribution in [0.25, 0.3) is 0 Å². The maximum atomic E-state index is 11.1. The summed E-state index contributed by atoms with van der Waals surface area (Å²) in [5.41, 5.74) is 0. The van der Waals surface area contributed by atoms with Gasteiger partial charge < -0.3 is 4.74 Å². The lowest BCUT2D eigenvalue weighted by Gasteiger charge is -2.06. The summed E-state index contributed by atoms with van der Waals surface area (Å²) in [6, 6.07) is 2.87. The fraction of sp³-hybridized carbons (Fsp3) is 0.375. The van der Waals surface area contributed by atoms with E-state index in [1.807, 2.05) is 6.92 Å². The van der Waals surface area contributed by atoms with Crippen molar-refractivity contribution < 1.29 is 13.2 Å². The third kappa shape index (κ3) is 2.68. The molecule has 14 heavy (non-hydrogen) atoms. The number of rotatable bonds is 4. The van der Waals surface area contributed by atoms with E-state index in [0.29, 0.717) is 6.61 Å². The molecule has 0 spiro atoms. The topological polar surface area (TPSA) is 82.3 Å². The van der Waals surface area contributed by atoms with E-state index in [1.165, 1.54) is 18.3 Å². The highest BCUT2D eigenvalue weighted by Crippen LogP contribution is 2.18. The van der Waals surface area contributed by atoms with Gasteiger partial charge >= 0.3 is 0 Å². The first kappa shape index (κ1) is 10.9. The minimum atomic E-state index is -3.75. The van der Waals surface area contributed by atoms with Crippen LogP contribution in [0.2, 0.25) is 0 Å². The number of ether oxygens (including phenoxy) is 1. The zero-order valence-corrected chi connectivity index (χ0v) is 8.62. The molecule has 0 fully saturated rings. The van der Waals surface area contributed by atoms with Crippen LogP contribution in [-0.2, 0) is 10.0 Å². The Labute approximate surface area is 83.0 Å². The van der Waals surface area contributed by atoms with Crippen molar-refractivity contribution in [2.45, 2.75) is 18.2 Å². The first-order valence-corrected chi connectivity index (χ1v) is 5.71. The molecule has 0 bridgehead atoms. The van der Waals surface area contributed by atoms with Crippen molar-refractivity contribution in [3.8, 4) is 5.88 Å². The second-order valence-corrected chi connectivity index (χ2v) is 4.23. The smallest absolute Gasteiger partial charge is 0.243 e. The van der Waals surface area contributed by atoms with E-state index in [2.05, 4.69) is 4.98 Å². The number of primary sulfonamides is 1. The first-order chi connectivity index (χ1) is 6.55. The average Bonchev–Trinajstić information content (AvgIpc) is 2.14. The Balaban J connectivity index is 3.04.